The quantitative estimate of drug-likeness (QED) is 0.515. The largest absolute Gasteiger partial charge is 0.465 e. The van der Waals surface area contributed by atoms with Crippen molar-refractivity contribution in [2.24, 2.45) is 0 Å². The Morgan fingerprint density at radius 3 is 2.40 bits per heavy atom. The first-order valence-electron chi connectivity index (χ1n) is 9.40. The number of methoxy groups -OCH3 is 1. The van der Waals surface area contributed by atoms with Crippen molar-refractivity contribution in [1.82, 2.24) is 5.32 Å². The maximum atomic E-state index is 13.0. The Kier molecular flexibility index (Phi) is 6.75. The van der Waals surface area contributed by atoms with Gasteiger partial charge in [-0.05, 0) is 67.4 Å². The van der Waals surface area contributed by atoms with Crippen LogP contribution in [0.25, 0.3) is 0 Å². The fraction of sp³-hybridized carbons (Fsp3) is 0.167. The summed E-state index contributed by atoms with van der Waals surface area (Å²) in [7, 11) is 1.33. The zero-order valence-corrected chi connectivity index (χ0v) is 17.7. The van der Waals surface area contributed by atoms with E-state index < -0.39 is 5.97 Å². The third-order valence-corrected chi connectivity index (χ3v) is 4.82. The summed E-state index contributed by atoms with van der Waals surface area (Å²) in [5.74, 6) is 0.327. The molecule has 0 heterocycles. The summed E-state index contributed by atoms with van der Waals surface area (Å²) in [6.45, 7) is 3.83. The average Bonchev–Trinajstić information content (AvgIpc) is 2.74. The van der Waals surface area contributed by atoms with Gasteiger partial charge in [-0.2, -0.15) is 0 Å². The first-order valence-corrected chi connectivity index (χ1v) is 9.78. The third kappa shape index (κ3) is 5.19. The molecule has 1 amide bonds. The standard InChI is InChI=1S/C24H22ClNO4/c1-15-5-4-6-20(13-15)30-22-12-11-19(25)14-21(22)23(27)26-16(2)17-7-9-18(10-8-17)24(28)29-3/h4-14,16H,1-3H3,(H,26,27)/t16-/m0/s1. The topological polar surface area (TPSA) is 64.6 Å². The maximum Gasteiger partial charge on any atom is 0.337 e. The molecule has 0 saturated heterocycles. The van der Waals surface area contributed by atoms with Crippen LogP contribution in [0.2, 0.25) is 5.02 Å². The van der Waals surface area contributed by atoms with Gasteiger partial charge in [-0.15, -0.1) is 0 Å². The molecule has 3 rings (SSSR count). The van der Waals surface area contributed by atoms with Crippen molar-refractivity contribution >= 4 is 23.5 Å². The summed E-state index contributed by atoms with van der Waals surface area (Å²) >= 11 is 6.12. The molecule has 0 fully saturated rings. The SMILES string of the molecule is COC(=O)c1ccc([C@H](C)NC(=O)c2cc(Cl)ccc2Oc2cccc(C)c2)cc1. The predicted molar refractivity (Wildman–Crippen MR) is 116 cm³/mol. The lowest BCUT2D eigenvalue weighted by molar-refractivity contribution is 0.0600. The number of benzene rings is 3. The Morgan fingerprint density at radius 1 is 1.00 bits per heavy atom. The fourth-order valence-electron chi connectivity index (χ4n) is 2.96. The van der Waals surface area contributed by atoms with Gasteiger partial charge in [0.25, 0.3) is 5.91 Å². The molecule has 1 N–H and O–H groups in total. The predicted octanol–water partition coefficient (Wildman–Crippen LogP) is 5.72. The van der Waals surface area contributed by atoms with E-state index in [0.29, 0.717) is 27.6 Å². The molecule has 0 aliphatic carbocycles. The summed E-state index contributed by atoms with van der Waals surface area (Å²) < 4.78 is 10.6. The van der Waals surface area contributed by atoms with Gasteiger partial charge in [0, 0.05) is 5.02 Å². The molecule has 1 atom stereocenters. The van der Waals surface area contributed by atoms with E-state index in [2.05, 4.69) is 5.32 Å². The van der Waals surface area contributed by atoms with Crippen molar-refractivity contribution in [3.05, 3.63) is 94.0 Å². The summed E-state index contributed by atoms with van der Waals surface area (Å²) in [5, 5.41) is 3.38. The first-order chi connectivity index (χ1) is 14.4. The molecule has 0 aliphatic heterocycles. The van der Waals surface area contributed by atoms with E-state index in [1.807, 2.05) is 38.1 Å². The van der Waals surface area contributed by atoms with Crippen LogP contribution in [-0.4, -0.2) is 19.0 Å². The van der Waals surface area contributed by atoms with Crippen LogP contribution < -0.4 is 10.1 Å². The van der Waals surface area contributed by atoms with Crippen LogP contribution in [0.1, 0.15) is 44.8 Å². The van der Waals surface area contributed by atoms with Crippen LogP contribution in [-0.2, 0) is 4.74 Å². The lowest BCUT2D eigenvalue weighted by Crippen LogP contribution is -2.27. The number of aryl methyl sites for hydroxylation is 1. The molecule has 0 spiro atoms. The number of amides is 1. The van der Waals surface area contributed by atoms with E-state index in [0.717, 1.165) is 11.1 Å². The minimum atomic E-state index is -0.407. The van der Waals surface area contributed by atoms with Crippen molar-refractivity contribution in [2.75, 3.05) is 7.11 Å². The maximum absolute atomic E-state index is 13.0. The second-order valence-corrected chi connectivity index (χ2v) is 7.30. The number of rotatable bonds is 6. The minimum Gasteiger partial charge on any atom is -0.465 e. The highest BCUT2D eigenvalue weighted by Gasteiger charge is 2.18. The highest BCUT2D eigenvalue weighted by molar-refractivity contribution is 6.31. The van der Waals surface area contributed by atoms with Crippen LogP contribution in [0, 0.1) is 6.92 Å². The summed E-state index contributed by atoms with van der Waals surface area (Å²) in [5.41, 5.74) is 2.68. The summed E-state index contributed by atoms with van der Waals surface area (Å²) in [6, 6.07) is 19.1. The number of halogens is 1. The van der Waals surface area contributed by atoms with E-state index >= 15 is 0 Å². The lowest BCUT2D eigenvalue weighted by atomic mass is 10.1. The van der Waals surface area contributed by atoms with Gasteiger partial charge < -0.3 is 14.8 Å². The number of hydrogen-bond donors (Lipinski definition) is 1. The molecule has 0 radical (unpaired) electrons. The van der Waals surface area contributed by atoms with Crippen molar-refractivity contribution in [3.8, 4) is 11.5 Å². The second kappa shape index (κ2) is 9.46. The van der Waals surface area contributed by atoms with Crippen LogP contribution in [0.5, 0.6) is 11.5 Å². The molecule has 0 bridgehead atoms. The number of ether oxygens (including phenoxy) is 2. The molecular weight excluding hydrogens is 402 g/mol. The molecule has 154 valence electrons. The number of nitrogens with one attached hydrogen (secondary N) is 1. The fourth-order valence-corrected chi connectivity index (χ4v) is 3.13. The van der Waals surface area contributed by atoms with Gasteiger partial charge in [0.1, 0.15) is 11.5 Å². The number of carbonyl (C=O) groups is 2. The molecular formula is C24H22ClNO4. The Hall–Kier alpha value is -3.31. The van der Waals surface area contributed by atoms with Gasteiger partial charge >= 0.3 is 5.97 Å². The van der Waals surface area contributed by atoms with Crippen LogP contribution in [0.15, 0.2) is 66.7 Å². The minimum absolute atomic E-state index is 0.296. The molecule has 5 nitrogen and oxygen atoms in total. The van der Waals surface area contributed by atoms with E-state index in [-0.39, 0.29) is 11.9 Å². The smallest absolute Gasteiger partial charge is 0.337 e. The van der Waals surface area contributed by atoms with Gasteiger partial charge in [0.2, 0.25) is 0 Å². The monoisotopic (exact) mass is 423 g/mol. The third-order valence-electron chi connectivity index (χ3n) is 4.58. The lowest BCUT2D eigenvalue weighted by Gasteiger charge is -2.17. The van der Waals surface area contributed by atoms with E-state index in [4.69, 9.17) is 21.1 Å². The van der Waals surface area contributed by atoms with Crippen LogP contribution in [0.3, 0.4) is 0 Å². The molecule has 0 aliphatic rings. The van der Waals surface area contributed by atoms with Crippen molar-refractivity contribution < 1.29 is 19.1 Å². The number of hydrogen-bond acceptors (Lipinski definition) is 4. The highest BCUT2D eigenvalue weighted by atomic mass is 35.5. The Morgan fingerprint density at radius 2 is 1.73 bits per heavy atom. The van der Waals surface area contributed by atoms with Crippen molar-refractivity contribution in [3.63, 3.8) is 0 Å². The summed E-state index contributed by atoms with van der Waals surface area (Å²) in [6.07, 6.45) is 0. The Labute approximate surface area is 180 Å². The van der Waals surface area contributed by atoms with Crippen molar-refractivity contribution in [1.29, 1.82) is 0 Å². The zero-order chi connectivity index (χ0) is 21.7. The van der Waals surface area contributed by atoms with Gasteiger partial charge in [0.05, 0.1) is 24.3 Å². The summed E-state index contributed by atoms with van der Waals surface area (Å²) in [4.78, 5) is 24.5. The highest BCUT2D eigenvalue weighted by Crippen LogP contribution is 2.29. The molecule has 3 aromatic carbocycles. The average molecular weight is 424 g/mol. The van der Waals surface area contributed by atoms with Crippen LogP contribution >= 0.6 is 11.6 Å². The normalized spacial score (nSPS) is 11.5. The Balaban J connectivity index is 1.79. The molecule has 0 unspecified atom stereocenters. The zero-order valence-electron chi connectivity index (χ0n) is 16.9. The molecule has 3 aromatic rings. The van der Waals surface area contributed by atoms with E-state index in [9.17, 15) is 9.59 Å². The molecule has 6 heteroatoms. The van der Waals surface area contributed by atoms with Gasteiger partial charge in [-0.1, -0.05) is 35.9 Å². The van der Waals surface area contributed by atoms with E-state index in [1.165, 1.54) is 7.11 Å². The Bertz CT molecular complexity index is 1060. The van der Waals surface area contributed by atoms with E-state index in [1.54, 1.807) is 42.5 Å². The van der Waals surface area contributed by atoms with Crippen molar-refractivity contribution in [2.45, 2.75) is 19.9 Å². The number of carbonyl (C=O) groups excluding carboxylic acids is 2. The first kappa shape index (κ1) is 21.4. The van der Waals surface area contributed by atoms with Crippen LogP contribution in [0.4, 0.5) is 0 Å². The van der Waals surface area contributed by atoms with Gasteiger partial charge in [-0.3, -0.25) is 4.79 Å². The number of esters is 1. The van der Waals surface area contributed by atoms with Gasteiger partial charge in [-0.25, -0.2) is 4.79 Å². The molecule has 0 saturated carbocycles. The second-order valence-electron chi connectivity index (χ2n) is 6.87. The van der Waals surface area contributed by atoms with Gasteiger partial charge in [0.15, 0.2) is 0 Å². The molecule has 30 heavy (non-hydrogen) atoms. The molecule has 0 aromatic heterocycles.